The molecule has 0 aliphatic rings. The highest BCUT2D eigenvalue weighted by Gasteiger charge is 2.11. The normalized spacial score (nSPS) is 10.9. The third kappa shape index (κ3) is 1.81. The topological polar surface area (TPSA) is 80.6 Å². The molecule has 0 unspecified atom stereocenters. The Morgan fingerprint density at radius 1 is 1.62 bits per heavy atom. The Morgan fingerprint density at radius 3 is 3.00 bits per heavy atom. The fourth-order valence-corrected chi connectivity index (χ4v) is 2.06. The molecular weight excluding hydrogens is 274 g/mol. The number of aromatic carboxylic acids is 1. The number of imidazole rings is 1. The average molecular weight is 284 g/mol. The minimum Gasteiger partial charge on any atom is -0.478 e. The lowest BCUT2D eigenvalue weighted by Gasteiger charge is -2.00. The van der Waals surface area contributed by atoms with Gasteiger partial charge in [0, 0.05) is 12.6 Å². The number of fused-ring (bicyclic) bond motifs is 1. The van der Waals surface area contributed by atoms with Crippen LogP contribution in [0.5, 0.6) is 0 Å². The van der Waals surface area contributed by atoms with Crippen LogP contribution in [0.25, 0.3) is 5.52 Å². The first-order valence-corrected chi connectivity index (χ1v) is 5.52. The Hall–Kier alpha value is -1.40. The molecule has 16 heavy (non-hydrogen) atoms. The lowest BCUT2D eigenvalue weighted by molar-refractivity contribution is 0.0697. The van der Waals surface area contributed by atoms with E-state index in [2.05, 4.69) is 20.9 Å². The molecule has 2 aromatic heterocycles. The first-order valence-electron chi connectivity index (χ1n) is 4.73. The number of rotatable bonds is 3. The van der Waals surface area contributed by atoms with Gasteiger partial charge in [0.05, 0.1) is 11.1 Å². The Balaban J connectivity index is 2.61. The maximum absolute atomic E-state index is 10.8. The molecule has 0 amide bonds. The predicted octanol–water partition coefficient (Wildman–Crippen LogP) is 1.30. The van der Waals surface area contributed by atoms with Gasteiger partial charge in [-0.05, 0) is 34.6 Å². The van der Waals surface area contributed by atoms with Crippen molar-refractivity contribution in [2.45, 2.75) is 6.42 Å². The lowest BCUT2D eigenvalue weighted by atomic mass is 10.2. The van der Waals surface area contributed by atoms with Crippen LogP contribution in [0.15, 0.2) is 22.9 Å². The van der Waals surface area contributed by atoms with Gasteiger partial charge in [-0.1, -0.05) is 0 Å². The third-order valence-electron chi connectivity index (χ3n) is 2.29. The number of nitrogens with zero attached hydrogens (tertiary/aromatic N) is 2. The molecule has 0 saturated carbocycles. The van der Waals surface area contributed by atoms with Crippen molar-refractivity contribution in [3.05, 3.63) is 34.3 Å². The molecule has 2 aromatic rings. The molecule has 0 aliphatic heterocycles. The average Bonchev–Trinajstić information content (AvgIpc) is 2.56. The van der Waals surface area contributed by atoms with E-state index in [0.717, 1.165) is 11.3 Å². The highest BCUT2D eigenvalue weighted by atomic mass is 79.9. The SMILES string of the molecule is NCCc1nc(Br)c2cc(C(=O)O)ccn12. The number of hydrogen-bond donors (Lipinski definition) is 2. The third-order valence-corrected chi connectivity index (χ3v) is 2.87. The van der Waals surface area contributed by atoms with Crippen molar-refractivity contribution in [3.8, 4) is 0 Å². The van der Waals surface area contributed by atoms with Crippen LogP contribution in [0.3, 0.4) is 0 Å². The van der Waals surface area contributed by atoms with Gasteiger partial charge in [0.2, 0.25) is 0 Å². The van der Waals surface area contributed by atoms with Gasteiger partial charge in [0.1, 0.15) is 10.4 Å². The number of aromatic nitrogens is 2. The fraction of sp³-hybridized carbons (Fsp3) is 0.200. The van der Waals surface area contributed by atoms with Crippen LogP contribution in [0, 0.1) is 0 Å². The number of halogens is 1. The van der Waals surface area contributed by atoms with Gasteiger partial charge >= 0.3 is 5.97 Å². The summed E-state index contributed by atoms with van der Waals surface area (Å²) in [6.45, 7) is 0.506. The highest BCUT2D eigenvalue weighted by Crippen LogP contribution is 2.20. The Kier molecular flexibility index (Phi) is 2.93. The van der Waals surface area contributed by atoms with Crippen molar-refractivity contribution in [1.29, 1.82) is 0 Å². The van der Waals surface area contributed by atoms with Crippen LogP contribution in [0.1, 0.15) is 16.2 Å². The highest BCUT2D eigenvalue weighted by molar-refractivity contribution is 9.10. The predicted molar refractivity (Wildman–Crippen MR) is 62.6 cm³/mol. The van der Waals surface area contributed by atoms with Crippen LogP contribution in [-0.4, -0.2) is 27.0 Å². The minimum atomic E-state index is -0.948. The standard InChI is InChI=1S/C10H10BrN3O2/c11-9-7-5-6(10(15)16)2-4-14(7)8(13-9)1-3-12/h2,4-5H,1,3,12H2,(H,15,16). The summed E-state index contributed by atoms with van der Waals surface area (Å²) in [5, 5.41) is 8.88. The van der Waals surface area contributed by atoms with Gasteiger partial charge in [-0.25, -0.2) is 9.78 Å². The van der Waals surface area contributed by atoms with E-state index in [1.165, 1.54) is 0 Å². The Bertz CT molecular complexity index is 550. The van der Waals surface area contributed by atoms with Crippen LogP contribution >= 0.6 is 15.9 Å². The van der Waals surface area contributed by atoms with E-state index in [9.17, 15) is 4.79 Å². The van der Waals surface area contributed by atoms with Gasteiger partial charge in [0.15, 0.2) is 0 Å². The van der Waals surface area contributed by atoms with E-state index >= 15 is 0 Å². The number of pyridine rings is 1. The zero-order chi connectivity index (χ0) is 11.7. The molecule has 6 heteroatoms. The summed E-state index contributed by atoms with van der Waals surface area (Å²) in [6.07, 6.45) is 2.35. The van der Waals surface area contributed by atoms with Crippen molar-refractivity contribution >= 4 is 27.4 Å². The maximum atomic E-state index is 10.8. The second-order valence-electron chi connectivity index (χ2n) is 3.33. The van der Waals surface area contributed by atoms with E-state index in [1.54, 1.807) is 18.3 Å². The molecule has 0 radical (unpaired) electrons. The second-order valence-corrected chi connectivity index (χ2v) is 4.08. The monoisotopic (exact) mass is 283 g/mol. The molecule has 0 fully saturated rings. The fourth-order valence-electron chi connectivity index (χ4n) is 1.55. The summed E-state index contributed by atoms with van der Waals surface area (Å²) in [4.78, 5) is 15.1. The van der Waals surface area contributed by atoms with Crippen molar-refractivity contribution in [1.82, 2.24) is 9.38 Å². The molecular formula is C10H10BrN3O2. The molecule has 2 rings (SSSR count). The summed E-state index contributed by atoms with van der Waals surface area (Å²) in [6, 6.07) is 3.13. The van der Waals surface area contributed by atoms with Crippen LogP contribution < -0.4 is 5.73 Å². The van der Waals surface area contributed by atoms with Crippen LogP contribution in [0.4, 0.5) is 0 Å². The van der Waals surface area contributed by atoms with Crippen molar-refractivity contribution < 1.29 is 9.90 Å². The minimum absolute atomic E-state index is 0.243. The molecule has 0 atom stereocenters. The molecule has 0 saturated heterocycles. The summed E-state index contributed by atoms with van der Waals surface area (Å²) >= 11 is 3.31. The quantitative estimate of drug-likeness (QED) is 0.890. The lowest BCUT2D eigenvalue weighted by Crippen LogP contribution is -2.06. The molecule has 2 heterocycles. The van der Waals surface area contributed by atoms with E-state index in [0.29, 0.717) is 17.6 Å². The summed E-state index contributed by atoms with van der Waals surface area (Å²) < 4.78 is 2.47. The van der Waals surface area contributed by atoms with E-state index in [4.69, 9.17) is 10.8 Å². The smallest absolute Gasteiger partial charge is 0.335 e. The first kappa shape index (κ1) is 11.1. The number of nitrogens with two attached hydrogens (primary N) is 1. The molecule has 0 aliphatic carbocycles. The second kappa shape index (κ2) is 4.23. The van der Waals surface area contributed by atoms with Gasteiger partial charge in [-0.3, -0.25) is 0 Å². The molecule has 5 nitrogen and oxygen atoms in total. The first-order chi connectivity index (χ1) is 7.63. The largest absolute Gasteiger partial charge is 0.478 e. The van der Waals surface area contributed by atoms with Gasteiger partial charge < -0.3 is 15.2 Å². The number of carboxylic acids is 1. The number of carbonyl (C=O) groups is 1. The molecule has 0 bridgehead atoms. The van der Waals surface area contributed by atoms with Crippen molar-refractivity contribution in [2.24, 2.45) is 5.73 Å². The summed E-state index contributed by atoms with van der Waals surface area (Å²) in [5.41, 5.74) is 6.46. The zero-order valence-electron chi connectivity index (χ0n) is 8.35. The van der Waals surface area contributed by atoms with Crippen molar-refractivity contribution in [2.75, 3.05) is 6.54 Å². The summed E-state index contributed by atoms with van der Waals surface area (Å²) in [7, 11) is 0. The number of hydrogen-bond acceptors (Lipinski definition) is 3. The van der Waals surface area contributed by atoms with Gasteiger partial charge in [0.25, 0.3) is 0 Å². The molecule has 0 aromatic carbocycles. The van der Waals surface area contributed by atoms with Gasteiger partial charge in [-0.2, -0.15) is 0 Å². The Morgan fingerprint density at radius 2 is 2.38 bits per heavy atom. The van der Waals surface area contributed by atoms with E-state index < -0.39 is 5.97 Å². The van der Waals surface area contributed by atoms with Gasteiger partial charge in [-0.15, -0.1) is 0 Å². The number of carboxylic acid groups (broad SMARTS) is 1. The Labute approximate surface area is 100 Å². The maximum Gasteiger partial charge on any atom is 0.335 e. The zero-order valence-corrected chi connectivity index (χ0v) is 9.94. The molecule has 84 valence electrons. The molecule has 3 N–H and O–H groups in total. The van der Waals surface area contributed by atoms with Crippen LogP contribution in [-0.2, 0) is 6.42 Å². The summed E-state index contributed by atoms with van der Waals surface area (Å²) in [5.74, 6) is -0.128. The van der Waals surface area contributed by atoms with Crippen molar-refractivity contribution in [3.63, 3.8) is 0 Å². The van der Waals surface area contributed by atoms with E-state index in [1.807, 2.05) is 4.40 Å². The molecule has 0 spiro atoms. The van der Waals surface area contributed by atoms with E-state index in [-0.39, 0.29) is 5.56 Å². The van der Waals surface area contributed by atoms with Crippen LogP contribution in [0.2, 0.25) is 0 Å².